The van der Waals surface area contributed by atoms with Crippen LogP contribution in [-0.4, -0.2) is 21.6 Å². The highest BCUT2D eigenvalue weighted by atomic mass is 79.9. The van der Waals surface area contributed by atoms with Crippen molar-refractivity contribution in [3.8, 4) is 0 Å². The summed E-state index contributed by atoms with van der Waals surface area (Å²) in [6, 6.07) is 3.78. The normalized spacial score (nSPS) is 10.4. The molecule has 5 nitrogen and oxygen atoms in total. The van der Waals surface area contributed by atoms with Gasteiger partial charge in [-0.2, -0.15) is 0 Å². The third-order valence-corrected chi connectivity index (χ3v) is 3.50. The van der Waals surface area contributed by atoms with Gasteiger partial charge in [0.15, 0.2) is 0 Å². The summed E-state index contributed by atoms with van der Waals surface area (Å²) in [5.74, 6) is 0.777. The van der Waals surface area contributed by atoms with Crippen molar-refractivity contribution in [2.75, 3.05) is 12.4 Å². The summed E-state index contributed by atoms with van der Waals surface area (Å²) in [4.78, 5) is 20.3. The summed E-state index contributed by atoms with van der Waals surface area (Å²) < 4.78 is 2.07. The standard InChI is InChI=1S/C12H13BrN4O/c1-8-11(13)12(18)17(7-16-8)6-9-3-4-15-10(5-9)14-2/h3-5,7H,6H2,1-2H3,(H,14,15). The van der Waals surface area contributed by atoms with E-state index in [0.717, 1.165) is 11.4 Å². The number of aryl methyl sites for hydroxylation is 1. The lowest BCUT2D eigenvalue weighted by molar-refractivity contribution is 0.724. The number of nitrogens with one attached hydrogen (secondary N) is 1. The largest absolute Gasteiger partial charge is 0.373 e. The van der Waals surface area contributed by atoms with Gasteiger partial charge in [-0.05, 0) is 40.5 Å². The summed E-state index contributed by atoms with van der Waals surface area (Å²) >= 11 is 3.25. The summed E-state index contributed by atoms with van der Waals surface area (Å²) in [5, 5.41) is 2.96. The predicted molar refractivity (Wildman–Crippen MR) is 73.8 cm³/mol. The molecule has 0 spiro atoms. The van der Waals surface area contributed by atoms with Gasteiger partial charge in [0.2, 0.25) is 0 Å². The van der Waals surface area contributed by atoms with E-state index in [-0.39, 0.29) is 5.56 Å². The van der Waals surface area contributed by atoms with E-state index in [1.807, 2.05) is 19.2 Å². The second-order valence-electron chi connectivity index (χ2n) is 3.88. The Morgan fingerprint density at radius 2 is 2.22 bits per heavy atom. The zero-order chi connectivity index (χ0) is 13.1. The molecule has 0 radical (unpaired) electrons. The van der Waals surface area contributed by atoms with E-state index in [4.69, 9.17) is 0 Å². The van der Waals surface area contributed by atoms with E-state index in [0.29, 0.717) is 16.7 Å². The van der Waals surface area contributed by atoms with Crippen molar-refractivity contribution < 1.29 is 0 Å². The van der Waals surface area contributed by atoms with Crippen molar-refractivity contribution in [2.24, 2.45) is 0 Å². The van der Waals surface area contributed by atoms with E-state index >= 15 is 0 Å². The molecule has 0 atom stereocenters. The van der Waals surface area contributed by atoms with E-state index in [1.54, 1.807) is 24.0 Å². The fraction of sp³-hybridized carbons (Fsp3) is 0.250. The maximum absolute atomic E-state index is 12.0. The van der Waals surface area contributed by atoms with Gasteiger partial charge in [-0.25, -0.2) is 9.97 Å². The summed E-state index contributed by atoms with van der Waals surface area (Å²) in [7, 11) is 1.81. The summed E-state index contributed by atoms with van der Waals surface area (Å²) in [6.07, 6.45) is 3.27. The number of aromatic nitrogens is 3. The third-order valence-electron chi connectivity index (χ3n) is 2.59. The predicted octanol–water partition coefficient (Wildman–Crippen LogP) is 1.80. The van der Waals surface area contributed by atoms with Crippen LogP contribution in [0.5, 0.6) is 0 Å². The number of anilines is 1. The highest BCUT2D eigenvalue weighted by Gasteiger charge is 2.06. The van der Waals surface area contributed by atoms with Crippen molar-refractivity contribution in [3.05, 3.63) is 50.7 Å². The maximum atomic E-state index is 12.0. The molecule has 2 aromatic rings. The van der Waals surface area contributed by atoms with Gasteiger partial charge in [-0.1, -0.05) is 0 Å². The van der Waals surface area contributed by atoms with Crippen molar-refractivity contribution in [1.29, 1.82) is 0 Å². The molecule has 0 aliphatic rings. The molecule has 0 aliphatic heterocycles. The van der Waals surface area contributed by atoms with Gasteiger partial charge < -0.3 is 5.32 Å². The van der Waals surface area contributed by atoms with Gasteiger partial charge in [0.1, 0.15) is 10.3 Å². The van der Waals surface area contributed by atoms with Gasteiger partial charge in [-0.15, -0.1) is 0 Å². The van der Waals surface area contributed by atoms with Crippen LogP contribution in [0, 0.1) is 6.92 Å². The van der Waals surface area contributed by atoms with Crippen LogP contribution in [0.2, 0.25) is 0 Å². The fourth-order valence-corrected chi connectivity index (χ4v) is 1.90. The van der Waals surface area contributed by atoms with Crippen LogP contribution in [0.15, 0.2) is 33.9 Å². The highest BCUT2D eigenvalue weighted by Crippen LogP contribution is 2.09. The first-order valence-electron chi connectivity index (χ1n) is 5.46. The Morgan fingerprint density at radius 3 is 2.94 bits per heavy atom. The van der Waals surface area contributed by atoms with Gasteiger partial charge >= 0.3 is 0 Å². The zero-order valence-corrected chi connectivity index (χ0v) is 11.7. The van der Waals surface area contributed by atoms with Gasteiger partial charge in [-0.3, -0.25) is 9.36 Å². The van der Waals surface area contributed by atoms with E-state index in [2.05, 4.69) is 31.2 Å². The first-order chi connectivity index (χ1) is 8.61. The molecule has 94 valence electrons. The minimum atomic E-state index is -0.0784. The maximum Gasteiger partial charge on any atom is 0.268 e. The Bertz CT molecular complexity index is 624. The van der Waals surface area contributed by atoms with Crippen molar-refractivity contribution in [3.63, 3.8) is 0 Å². The van der Waals surface area contributed by atoms with E-state index in [1.165, 1.54) is 0 Å². The second-order valence-corrected chi connectivity index (χ2v) is 4.67. The molecule has 0 bridgehead atoms. The molecule has 0 saturated carbocycles. The lowest BCUT2D eigenvalue weighted by Gasteiger charge is -2.08. The Kier molecular flexibility index (Phi) is 3.76. The lowest BCUT2D eigenvalue weighted by atomic mass is 10.2. The van der Waals surface area contributed by atoms with Crippen molar-refractivity contribution in [2.45, 2.75) is 13.5 Å². The Balaban J connectivity index is 2.34. The number of hydrogen-bond donors (Lipinski definition) is 1. The Morgan fingerprint density at radius 1 is 1.44 bits per heavy atom. The Labute approximate surface area is 113 Å². The molecule has 2 rings (SSSR count). The first-order valence-corrected chi connectivity index (χ1v) is 6.25. The van der Waals surface area contributed by atoms with Gasteiger partial charge in [0, 0.05) is 13.2 Å². The lowest BCUT2D eigenvalue weighted by Crippen LogP contribution is -2.22. The van der Waals surface area contributed by atoms with Crippen LogP contribution in [0.1, 0.15) is 11.3 Å². The van der Waals surface area contributed by atoms with Crippen LogP contribution < -0.4 is 10.9 Å². The van der Waals surface area contributed by atoms with E-state index in [9.17, 15) is 4.79 Å². The molecule has 6 heteroatoms. The summed E-state index contributed by atoms with van der Waals surface area (Å²) in [5.41, 5.74) is 1.61. The third kappa shape index (κ3) is 2.59. The molecule has 18 heavy (non-hydrogen) atoms. The molecule has 0 fully saturated rings. The quantitative estimate of drug-likeness (QED) is 0.939. The highest BCUT2D eigenvalue weighted by molar-refractivity contribution is 9.10. The van der Waals surface area contributed by atoms with Crippen LogP contribution >= 0.6 is 15.9 Å². The Hall–Kier alpha value is -1.69. The first kappa shape index (κ1) is 12.8. The molecule has 0 unspecified atom stereocenters. The van der Waals surface area contributed by atoms with Crippen LogP contribution in [0.25, 0.3) is 0 Å². The molecule has 2 heterocycles. The molecular weight excluding hydrogens is 296 g/mol. The van der Waals surface area contributed by atoms with E-state index < -0.39 is 0 Å². The van der Waals surface area contributed by atoms with Crippen molar-refractivity contribution in [1.82, 2.24) is 14.5 Å². The summed E-state index contributed by atoms with van der Waals surface area (Å²) in [6.45, 7) is 2.27. The smallest absolute Gasteiger partial charge is 0.268 e. The average Bonchev–Trinajstić information content (AvgIpc) is 2.40. The van der Waals surface area contributed by atoms with Crippen LogP contribution in [0.3, 0.4) is 0 Å². The number of hydrogen-bond acceptors (Lipinski definition) is 4. The number of nitrogens with zero attached hydrogens (tertiary/aromatic N) is 3. The number of pyridine rings is 1. The van der Waals surface area contributed by atoms with Crippen LogP contribution in [0.4, 0.5) is 5.82 Å². The number of rotatable bonds is 3. The zero-order valence-electron chi connectivity index (χ0n) is 10.1. The molecular formula is C12H13BrN4O. The molecule has 0 saturated heterocycles. The monoisotopic (exact) mass is 308 g/mol. The molecule has 2 aromatic heterocycles. The number of halogens is 1. The van der Waals surface area contributed by atoms with Crippen LogP contribution in [-0.2, 0) is 6.54 Å². The fourth-order valence-electron chi connectivity index (χ4n) is 1.56. The van der Waals surface area contributed by atoms with Gasteiger partial charge in [0.05, 0.1) is 18.6 Å². The molecule has 1 N–H and O–H groups in total. The topological polar surface area (TPSA) is 59.8 Å². The minimum Gasteiger partial charge on any atom is -0.373 e. The second kappa shape index (κ2) is 5.30. The van der Waals surface area contributed by atoms with Crippen molar-refractivity contribution >= 4 is 21.7 Å². The minimum absolute atomic E-state index is 0.0784. The van der Waals surface area contributed by atoms with Gasteiger partial charge in [0.25, 0.3) is 5.56 Å². The average molecular weight is 309 g/mol. The SMILES string of the molecule is CNc1cc(Cn2cnc(C)c(Br)c2=O)ccn1. The molecule has 0 aliphatic carbocycles. The molecule has 0 amide bonds. The molecule has 0 aromatic carbocycles.